The molecule has 91 heavy (non-hydrogen) atoms. The Balaban J connectivity index is 1.03. The molecule has 2 amide bonds. The molecule has 0 aromatic heterocycles. The van der Waals surface area contributed by atoms with Gasteiger partial charge in [0.15, 0.2) is 23.0 Å². The molecular formula is C73H80N2O16. The summed E-state index contributed by atoms with van der Waals surface area (Å²) in [6, 6.07) is 52.9. The summed E-state index contributed by atoms with van der Waals surface area (Å²) in [6.07, 6.45) is -0.711. The van der Waals surface area contributed by atoms with Crippen LogP contribution in [0.4, 0.5) is 4.79 Å². The minimum atomic E-state index is -1.10. The van der Waals surface area contributed by atoms with Crippen LogP contribution in [0.2, 0.25) is 0 Å². The van der Waals surface area contributed by atoms with E-state index < -0.39 is 35.7 Å². The maximum Gasteiger partial charge on any atom is 0.408 e. The Morgan fingerprint density at radius 3 is 1.08 bits per heavy atom. The molecule has 0 heterocycles. The lowest BCUT2D eigenvalue weighted by molar-refractivity contribution is -0.146. The maximum atomic E-state index is 13.8. The molecule has 2 unspecified atom stereocenters. The number of rotatable bonds is 32. The predicted octanol–water partition coefficient (Wildman–Crippen LogP) is 13.5. The van der Waals surface area contributed by atoms with Crippen LogP contribution in [-0.4, -0.2) is 71.2 Å². The van der Waals surface area contributed by atoms with E-state index in [1.165, 1.54) is 7.11 Å². The summed E-state index contributed by atoms with van der Waals surface area (Å²) < 4.78 is 77.1. The molecule has 2 atom stereocenters. The summed E-state index contributed by atoms with van der Waals surface area (Å²) >= 11 is 0. The Morgan fingerprint density at radius 1 is 0.363 bits per heavy atom. The first-order valence-corrected chi connectivity index (χ1v) is 29.7. The number of amides is 2. The van der Waals surface area contributed by atoms with Crippen molar-refractivity contribution in [2.24, 2.45) is 5.92 Å². The van der Waals surface area contributed by atoms with Gasteiger partial charge >= 0.3 is 12.1 Å². The molecule has 0 aliphatic heterocycles. The van der Waals surface area contributed by atoms with Crippen molar-refractivity contribution < 1.29 is 76.0 Å². The normalized spacial score (nSPS) is 11.7. The quantitative estimate of drug-likeness (QED) is 0.0378. The van der Waals surface area contributed by atoms with Crippen molar-refractivity contribution in [2.45, 2.75) is 105 Å². The van der Waals surface area contributed by atoms with Crippen LogP contribution in [0.5, 0.6) is 63.2 Å². The summed E-state index contributed by atoms with van der Waals surface area (Å²) in [5.74, 6) is 5.23. The molecule has 0 saturated carbocycles. The van der Waals surface area contributed by atoms with Crippen LogP contribution >= 0.6 is 0 Å². The van der Waals surface area contributed by atoms with Crippen LogP contribution in [0.25, 0.3) is 0 Å². The highest BCUT2D eigenvalue weighted by Gasteiger charge is 2.31. The average molecular weight is 1240 g/mol. The Kier molecular flexibility index (Phi) is 24.1. The van der Waals surface area contributed by atoms with Crippen molar-refractivity contribution in [1.29, 1.82) is 0 Å². The van der Waals surface area contributed by atoms with Crippen LogP contribution in [-0.2, 0) is 71.7 Å². The lowest BCUT2D eigenvalue weighted by Gasteiger charge is -2.26. The number of alkyl carbamates (subject to hydrolysis) is 1. The van der Waals surface area contributed by atoms with E-state index in [9.17, 15) is 14.4 Å². The third kappa shape index (κ3) is 20.9. The number of carbonyl (C=O) groups is 3. The van der Waals surface area contributed by atoms with Gasteiger partial charge in [0.1, 0.15) is 104 Å². The van der Waals surface area contributed by atoms with Crippen LogP contribution < -0.4 is 62.7 Å². The van der Waals surface area contributed by atoms with Gasteiger partial charge in [-0.1, -0.05) is 86.6 Å². The van der Waals surface area contributed by atoms with E-state index >= 15 is 0 Å². The van der Waals surface area contributed by atoms with Gasteiger partial charge in [0.2, 0.25) is 5.91 Å². The Hall–Kier alpha value is -10.2. The molecule has 0 radical (unpaired) electrons. The largest absolute Gasteiger partial charge is 0.497 e. The molecule has 8 rings (SSSR count). The Morgan fingerprint density at radius 2 is 0.703 bits per heavy atom. The van der Waals surface area contributed by atoms with E-state index in [4.69, 9.17) is 61.6 Å². The smallest absolute Gasteiger partial charge is 0.408 e. The van der Waals surface area contributed by atoms with Crippen LogP contribution in [0.1, 0.15) is 79.1 Å². The number of hydrogen-bond acceptors (Lipinski definition) is 16. The van der Waals surface area contributed by atoms with E-state index in [1.54, 1.807) is 87.3 Å². The molecular weight excluding hydrogens is 1160 g/mol. The van der Waals surface area contributed by atoms with Crippen LogP contribution in [0.15, 0.2) is 176 Å². The summed E-state index contributed by atoms with van der Waals surface area (Å²) in [5, 5.41) is 5.44. The minimum Gasteiger partial charge on any atom is -0.497 e. The number of esters is 1. The standard InChI is InChI=1S/C73H80N2O16/c1-48(2)69(71(77)83-10)75-70(76)64(74-72(78)91-73(3,4)5)37-49-11-31-61(32-12-49)84-47-56-35-62(85-45-54-21-33-65(87-41-50-13-23-57(79-6)24-14-50)67(38-54)89-43-52-17-27-59(81-8)28-18-52)40-63(36-56)86-46-55-22-34-66(88-42-51-15-25-58(80-7)26-16-51)68(39-55)90-44-53-19-29-60(82-9)30-20-53/h11-36,38-40,48,64,69H,37,41-47H2,1-10H3,(H,74,78)(H,75,76). The third-order valence-corrected chi connectivity index (χ3v) is 14.2. The molecule has 18 nitrogen and oxygen atoms in total. The molecule has 0 aliphatic rings. The maximum absolute atomic E-state index is 13.8. The summed E-state index contributed by atoms with van der Waals surface area (Å²) in [4.78, 5) is 39.4. The van der Waals surface area contributed by atoms with Gasteiger partial charge in [-0.25, -0.2) is 9.59 Å². The van der Waals surface area contributed by atoms with Gasteiger partial charge in [0.25, 0.3) is 0 Å². The molecule has 8 aromatic carbocycles. The number of ether oxygens (including phenoxy) is 13. The molecule has 0 saturated heterocycles. The van der Waals surface area contributed by atoms with Gasteiger partial charge in [-0.15, -0.1) is 0 Å². The molecule has 0 bridgehead atoms. The monoisotopic (exact) mass is 1240 g/mol. The number of carbonyl (C=O) groups excluding carboxylic acids is 3. The van der Waals surface area contributed by atoms with Gasteiger partial charge < -0.3 is 72.2 Å². The van der Waals surface area contributed by atoms with Crippen LogP contribution in [0, 0.1) is 5.92 Å². The van der Waals surface area contributed by atoms with Crippen molar-refractivity contribution in [2.75, 3.05) is 35.5 Å². The van der Waals surface area contributed by atoms with E-state index in [0.29, 0.717) is 59.0 Å². The fourth-order valence-electron chi connectivity index (χ4n) is 9.16. The second-order valence-corrected chi connectivity index (χ2v) is 22.6. The first-order chi connectivity index (χ1) is 43.9. The highest BCUT2D eigenvalue weighted by Crippen LogP contribution is 2.35. The number of hydrogen-bond donors (Lipinski definition) is 2. The second kappa shape index (κ2) is 32.8. The van der Waals surface area contributed by atoms with E-state index in [-0.39, 0.29) is 45.4 Å². The Labute approximate surface area is 532 Å². The zero-order valence-corrected chi connectivity index (χ0v) is 53.2. The van der Waals surface area contributed by atoms with Crippen molar-refractivity contribution in [3.8, 4) is 63.2 Å². The topological polar surface area (TPSA) is 195 Å². The SMILES string of the molecule is COC(=O)C(NC(=O)C(Cc1ccc(OCc2cc(OCc3ccc(OCc4ccc(OC)cc4)c(OCc4ccc(OC)cc4)c3)cc(OCc3ccc(OCc4ccc(OC)cc4)c(OCc4ccc(OC)cc4)c3)c2)cc1)NC(=O)OC(C)(C)C)C(C)C. The number of nitrogens with one attached hydrogen (secondary N) is 2. The Bertz CT molecular complexity index is 3430. The lowest BCUT2D eigenvalue weighted by Crippen LogP contribution is -2.54. The first kappa shape index (κ1) is 66.7. The molecule has 2 N–H and O–H groups in total. The lowest BCUT2D eigenvalue weighted by atomic mass is 10.0. The van der Waals surface area contributed by atoms with E-state index in [1.807, 2.05) is 152 Å². The predicted molar refractivity (Wildman–Crippen MR) is 344 cm³/mol. The average Bonchev–Trinajstić information content (AvgIpc) is 2.55. The first-order valence-electron chi connectivity index (χ1n) is 29.7. The van der Waals surface area contributed by atoms with Crippen molar-refractivity contribution in [1.82, 2.24) is 10.6 Å². The summed E-state index contributed by atoms with van der Waals surface area (Å²) in [7, 11) is 7.77. The van der Waals surface area contributed by atoms with Gasteiger partial charge in [-0.2, -0.15) is 0 Å². The van der Waals surface area contributed by atoms with Crippen molar-refractivity contribution >= 4 is 18.0 Å². The number of benzene rings is 8. The molecule has 0 spiro atoms. The zero-order chi connectivity index (χ0) is 64.7. The molecule has 0 aliphatic carbocycles. The van der Waals surface area contributed by atoms with Gasteiger partial charge in [-0.05, 0) is 168 Å². The van der Waals surface area contributed by atoms with E-state index in [0.717, 1.165) is 61.9 Å². The number of methoxy groups -OCH3 is 5. The fourth-order valence-corrected chi connectivity index (χ4v) is 9.16. The fraction of sp³-hybridized carbons (Fsp3) is 0.301. The second-order valence-electron chi connectivity index (χ2n) is 22.6. The van der Waals surface area contributed by atoms with Gasteiger partial charge in [-0.3, -0.25) is 4.79 Å². The van der Waals surface area contributed by atoms with E-state index in [2.05, 4.69) is 10.6 Å². The summed E-state index contributed by atoms with van der Waals surface area (Å²) in [6.45, 7) is 10.3. The molecule has 0 fully saturated rings. The highest BCUT2D eigenvalue weighted by molar-refractivity contribution is 5.90. The molecule has 478 valence electrons. The van der Waals surface area contributed by atoms with Crippen molar-refractivity contribution in [3.05, 3.63) is 220 Å². The zero-order valence-electron chi connectivity index (χ0n) is 53.2. The summed E-state index contributed by atoms with van der Waals surface area (Å²) in [5.41, 5.74) is 6.03. The van der Waals surface area contributed by atoms with Crippen molar-refractivity contribution in [3.63, 3.8) is 0 Å². The minimum absolute atomic E-state index is 0.0723. The van der Waals surface area contributed by atoms with Gasteiger partial charge in [0, 0.05) is 12.5 Å². The third-order valence-electron chi connectivity index (χ3n) is 14.2. The van der Waals surface area contributed by atoms with Crippen LogP contribution in [0.3, 0.4) is 0 Å². The highest BCUT2D eigenvalue weighted by atomic mass is 16.6. The van der Waals surface area contributed by atoms with Gasteiger partial charge in [0.05, 0.1) is 35.5 Å². The molecule has 18 heteroatoms. The molecule has 8 aromatic rings.